The van der Waals surface area contributed by atoms with E-state index in [1.165, 1.54) is 0 Å². The predicted octanol–water partition coefficient (Wildman–Crippen LogP) is 4.74. The first-order valence-electron chi connectivity index (χ1n) is 8.35. The van der Waals surface area contributed by atoms with E-state index in [1.807, 2.05) is 28.8 Å². The monoisotopic (exact) mass is 359 g/mol. The van der Waals surface area contributed by atoms with E-state index < -0.39 is 0 Å². The van der Waals surface area contributed by atoms with E-state index in [9.17, 15) is 0 Å². The molecule has 25 heavy (non-hydrogen) atoms. The van der Waals surface area contributed by atoms with Gasteiger partial charge < -0.3 is 15.4 Å². The SMILES string of the molecule is CCC(CC)Nc1cc(Nc2ccc(OC)cc2Cl)nc2nccn12. The lowest BCUT2D eigenvalue weighted by Crippen LogP contribution is -2.19. The maximum Gasteiger partial charge on any atom is 0.237 e. The summed E-state index contributed by atoms with van der Waals surface area (Å²) in [4.78, 5) is 8.85. The highest BCUT2D eigenvalue weighted by atomic mass is 35.5. The van der Waals surface area contributed by atoms with Gasteiger partial charge in [0, 0.05) is 30.6 Å². The molecule has 0 amide bonds. The van der Waals surface area contributed by atoms with Crippen molar-refractivity contribution >= 4 is 34.7 Å². The van der Waals surface area contributed by atoms with Crippen LogP contribution in [0.25, 0.3) is 5.78 Å². The predicted molar refractivity (Wildman–Crippen MR) is 102 cm³/mol. The topological polar surface area (TPSA) is 63.5 Å². The van der Waals surface area contributed by atoms with Crippen molar-refractivity contribution in [3.63, 3.8) is 0 Å². The number of halogens is 1. The molecule has 2 heterocycles. The van der Waals surface area contributed by atoms with Crippen LogP contribution in [0.4, 0.5) is 17.3 Å². The van der Waals surface area contributed by atoms with E-state index in [2.05, 4.69) is 34.4 Å². The molecule has 0 aliphatic rings. The fourth-order valence-corrected chi connectivity index (χ4v) is 2.86. The van der Waals surface area contributed by atoms with Crippen molar-refractivity contribution < 1.29 is 4.74 Å². The van der Waals surface area contributed by atoms with E-state index >= 15 is 0 Å². The summed E-state index contributed by atoms with van der Waals surface area (Å²) >= 11 is 6.32. The van der Waals surface area contributed by atoms with Crippen molar-refractivity contribution in [3.05, 3.63) is 41.7 Å². The van der Waals surface area contributed by atoms with Crippen LogP contribution < -0.4 is 15.4 Å². The molecule has 0 aliphatic heterocycles. The Morgan fingerprint density at radius 1 is 1.24 bits per heavy atom. The average Bonchev–Trinajstić information content (AvgIpc) is 3.10. The van der Waals surface area contributed by atoms with E-state index in [0.29, 0.717) is 28.4 Å². The van der Waals surface area contributed by atoms with Crippen LogP contribution in [0.15, 0.2) is 36.7 Å². The van der Waals surface area contributed by atoms with Gasteiger partial charge in [-0.3, -0.25) is 4.40 Å². The molecule has 0 saturated heterocycles. The van der Waals surface area contributed by atoms with Crippen molar-refractivity contribution in [3.8, 4) is 5.75 Å². The second-order valence-electron chi connectivity index (χ2n) is 5.75. The first-order valence-corrected chi connectivity index (χ1v) is 8.73. The van der Waals surface area contributed by atoms with Crippen LogP contribution in [0.2, 0.25) is 5.02 Å². The average molecular weight is 360 g/mol. The molecule has 7 heteroatoms. The Hall–Kier alpha value is -2.47. The summed E-state index contributed by atoms with van der Waals surface area (Å²) in [5, 5.41) is 7.39. The highest BCUT2D eigenvalue weighted by Gasteiger charge is 2.11. The first kappa shape index (κ1) is 17.4. The molecular formula is C18H22ClN5O. The standard InChI is InChI=1S/C18H22ClN5O/c1-4-12(5-2)21-17-11-16(23-18-20-8-9-24(17)18)22-15-7-6-13(25-3)10-14(15)19/h6-12,21H,4-5H2,1-3H3,(H,20,22,23). The molecule has 0 spiro atoms. The lowest BCUT2D eigenvalue weighted by molar-refractivity contribution is 0.415. The fraction of sp³-hybridized carbons (Fsp3) is 0.333. The van der Waals surface area contributed by atoms with E-state index in [0.717, 1.165) is 24.3 Å². The minimum absolute atomic E-state index is 0.394. The number of rotatable bonds is 7. The van der Waals surface area contributed by atoms with Gasteiger partial charge in [-0.1, -0.05) is 25.4 Å². The van der Waals surface area contributed by atoms with Crippen LogP contribution in [-0.2, 0) is 0 Å². The molecule has 0 radical (unpaired) electrons. The third kappa shape index (κ3) is 3.79. The van der Waals surface area contributed by atoms with Gasteiger partial charge in [0.2, 0.25) is 5.78 Å². The number of fused-ring (bicyclic) bond motifs is 1. The molecule has 1 aromatic carbocycles. The van der Waals surface area contributed by atoms with Gasteiger partial charge >= 0.3 is 0 Å². The normalized spacial score (nSPS) is 11.1. The molecule has 0 atom stereocenters. The van der Waals surface area contributed by atoms with E-state index in [-0.39, 0.29) is 0 Å². The fourth-order valence-electron chi connectivity index (χ4n) is 2.64. The largest absolute Gasteiger partial charge is 0.497 e. The molecule has 3 rings (SSSR count). The molecule has 132 valence electrons. The first-order chi connectivity index (χ1) is 12.1. The Kier molecular flexibility index (Phi) is 5.28. The highest BCUT2D eigenvalue weighted by Crippen LogP contribution is 2.29. The Bertz CT molecular complexity index is 860. The minimum Gasteiger partial charge on any atom is -0.497 e. The van der Waals surface area contributed by atoms with Gasteiger partial charge in [-0.25, -0.2) is 4.98 Å². The van der Waals surface area contributed by atoms with Crippen LogP contribution in [0.3, 0.4) is 0 Å². The van der Waals surface area contributed by atoms with Crippen molar-refractivity contribution in [2.24, 2.45) is 0 Å². The van der Waals surface area contributed by atoms with Gasteiger partial charge in [-0.2, -0.15) is 4.98 Å². The smallest absolute Gasteiger partial charge is 0.237 e. The zero-order valence-corrected chi connectivity index (χ0v) is 15.3. The van der Waals surface area contributed by atoms with Crippen molar-refractivity contribution in [1.82, 2.24) is 14.4 Å². The maximum atomic E-state index is 6.32. The number of imidazole rings is 1. The Labute approximate surface area is 152 Å². The Balaban J connectivity index is 1.94. The lowest BCUT2D eigenvalue weighted by Gasteiger charge is -2.18. The van der Waals surface area contributed by atoms with Crippen molar-refractivity contribution in [2.75, 3.05) is 17.7 Å². The molecule has 6 nitrogen and oxygen atoms in total. The second-order valence-corrected chi connectivity index (χ2v) is 6.16. The summed E-state index contributed by atoms with van der Waals surface area (Å²) in [6.07, 6.45) is 5.73. The highest BCUT2D eigenvalue weighted by molar-refractivity contribution is 6.33. The van der Waals surface area contributed by atoms with Crippen LogP contribution in [-0.4, -0.2) is 27.5 Å². The number of benzene rings is 1. The van der Waals surface area contributed by atoms with Crippen LogP contribution in [0, 0.1) is 0 Å². The van der Waals surface area contributed by atoms with E-state index in [1.54, 1.807) is 19.4 Å². The molecule has 3 aromatic rings. The summed E-state index contributed by atoms with van der Waals surface area (Å²) in [6, 6.07) is 7.85. The Morgan fingerprint density at radius 2 is 2.04 bits per heavy atom. The third-order valence-corrected chi connectivity index (χ3v) is 4.46. The molecule has 0 aliphatic carbocycles. The number of ether oxygens (including phenoxy) is 1. The maximum absolute atomic E-state index is 6.32. The van der Waals surface area contributed by atoms with Gasteiger partial charge in [0.05, 0.1) is 17.8 Å². The summed E-state index contributed by atoms with van der Waals surface area (Å²) in [7, 11) is 1.61. The second kappa shape index (κ2) is 7.61. The Morgan fingerprint density at radius 3 is 2.72 bits per heavy atom. The molecular weight excluding hydrogens is 338 g/mol. The quantitative estimate of drug-likeness (QED) is 0.638. The number of hydrogen-bond acceptors (Lipinski definition) is 5. The van der Waals surface area contributed by atoms with Gasteiger partial charge in [0.15, 0.2) is 0 Å². The van der Waals surface area contributed by atoms with Gasteiger partial charge in [0.1, 0.15) is 17.4 Å². The minimum atomic E-state index is 0.394. The summed E-state index contributed by atoms with van der Waals surface area (Å²) in [5.74, 6) is 2.97. The van der Waals surface area contributed by atoms with E-state index in [4.69, 9.17) is 16.3 Å². The molecule has 2 aromatic heterocycles. The summed E-state index contributed by atoms with van der Waals surface area (Å²) in [5.41, 5.74) is 0.763. The third-order valence-electron chi connectivity index (χ3n) is 4.15. The van der Waals surface area contributed by atoms with Crippen molar-refractivity contribution in [1.29, 1.82) is 0 Å². The summed E-state index contributed by atoms with van der Waals surface area (Å²) in [6.45, 7) is 4.34. The number of anilines is 3. The van der Waals surface area contributed by atoms with Gasteiger partial charge in [0.25, 0.3) is 0 Å². The van der Waals surface area contributed by atoms with Crippen LogP contribution >= 0.6 is 11.6 Å². The molecule has 0 fully saturated rings. The zero-order chi connectivity index (χ0) is 17.8. The van der Waals surface area contributed by atoms with Gasteiger partial charge in [-0.15, -0.1) is 0 Å². The number of nitrogens with one attached hydrogen (secondary N) is 2. The van der Waals surface area contributed by atoms with Crippen LogP contribution in [0.1, 0.15) is 26.7 Å². The molecule has 0 bridgehead atoms. The number of methoxy groups -OCH3 is 1. The number of aromatic nitrogens is 3. The van der Waals surface area contributed by atoms with Crippen molar-refractivity contribution in [2.45, 2.75) is 32.7 Å². The number of hydrogen-bond donors (Lipinski definition) is 2. The lowest BCUT2D eigenvalue weighted by atomic mass is 10.2. The number of nitrogens with zero attached hydrogens (tertiary/aromatic N) is 3. The van der Waals surface area contributed by atoms with Gasteiger partial charge in [-0.05, 0) is 25.0 Å². The summed E-state index contributed by atoms with van der Waals surface area (Å²) < 4.78 is 7.13. The molecule has 2 N–H and O–H groups in total. The molecule has 0 unspecified atom stereocenters. The molecule has 0 saturated carbocycles. The van der Waals surface area contributed by atoms with Crippen LogP contribution in [0.5, 0.6) is 5.75 Å². The zero-order valence-electron chi connectivity index (χ0n) is 14.6.